The number of halogens is 2. The van der Waals surface area contributed by atoms with Crippen molar-refractivity contribution < 1.29 is 32.9 Å². The van der Waals surface area contributed by atoms with Crippen molar-refractivity contribution in [3.05, 3.63) is 113 Å². The predicted molar refractivity (Wildman–Crippen MR) is 301 cm³/mol. The van der Waals surface area contributed by atoms with Crippen molar-refractivity contribution in [1.82, 2.24) is 39.8 Å². The molecule has 0 spiro atoms. The van der Waals surface area contributed by atoms with Gasteiger partial charge in [-0.25, -0.2) is 9.37 Å². The SMILES string of the molecule is COc1cc(N2CCC(N3CCN(CC4CCN(c5cc6c(cc5F)C(=O)N(C5CCC(=O)NC5=O)C6=O)CC4)CC3)CC2)c(-c2cnn(C)c2)cc1Nc1ncc(Cl)c(Nc2ccc(-c3ccccc3)cc2P(C)(C)=O)n1. The van der Waals surface area contributed by atoms with Gasteiger partial charge in [0.05, 0.1) is 47.7 Å². The van der Waals surface area contributed by atoms with Crippen molar-refractivity contribution in [2.45, 2.75) is 50.6 Å². The third kappa shape index (κ3) is 10.8. The molecular weight excluding hydrogens is 1030 g/mol. The average molecular weight is 1100 g/mol. The lowest BCUT2D eigenvalue weighted by atomic mass is 9.94. The Labute approximate surface area is 457 Å². The Bertz CT molecular complexity index is 3350. The molecule has 5 aliphatic heterocycles. The summed E-state index contributed by atoms with van der Waals surface area (Å²) >= 11 is 6.72. The molecule has 18 nitrogen and oxygen atoms in total. The van der Waals surface area contributed by atoms with Crippen LogP contribution in [0.4, 0.5) is 38.9 Å². The van der Waals surface area contributed by atoms with Crippen LogP contribution in [0.5, 0.6) is 5.75 Å². The minimum atomic E-state index is -2.75. The lowest BCUT2D eigenvalue weighted by Crippen LogP contribution is -2.54. The first-order valence-corrected chi connectivity index (χ1v) is 29.6. The molecule has 78 heavy (non-hydrogen) atoms. The van der Waals surface area contributed by atoms with Gasteiger partial charge in [-0.15, -0.1) is 0 Å². The molecule has 11 rings (SSSR count). The molecule has 1 atom stereocenters. The summed E-state index contributed by atoms with van der Waals surface area (Å²) in [5, 5.41) is 14.5. The summed E-state index contributed by atoms with van der Waals surface area (Å²) < 4.78 is 37.1. The second-order valence-corrected chi connectivity index (χ2v) is 24.9. The number of imide groups is 2. The van der Waals surface area contributed by atoms with E-state index in [1.165, 1.54) is 12.3 Å². The van der Waals surface area contributed by atoms with E-state index in [2.05, 4.69) is 52.9 Å². The molecule has 3 N–H and O–H groups in total. The monoisotopic (exact) mass is 1100 g/mol. The molecule has 406 valence electrons. The molecule has 7 heterocycles. The molecule has 0 bridgehead atoms. The van der Waals surface area contributed by atoms with Gasteiger partial charge in [0, 0.05) is 113 Å². The summed E-state index contributed by atoms with van der Waals surface area (Å²) in [5.74, 6) is -1.34. The predicted octanol–water partition coefficient (Wildman–Crippen LogP) is 7.98. The molecule has 4 saturated heterocycles. The van der Waals surface area contributed by atoms with Crippen molar-refractivity contribution in [2.24, 2.45) is 13.0 Å². The second kappa shape index (κ2) is 21.9. The van der Waals surface area contributed by atoms with E-state index in [4.69, 9.17) is 21.3 Å². The normalized spacial score (nSPS) is 19.1. The number of carbonyl (C=O) groups excluding carboxylic acids is 4. The molecule has 4 amide bonds. The standard InChI is InChI=1S/C57H63ClFN12O6P/c1-66-34-38(31-61-66)40-28-46(63-57-60-32-43(58)53(65-57)62-45-11-10-37(26-51(45)78(3,4)76)36-8-6-5-7-9-36)50(77-2)30-48(40)69-20-16-39(17-21-69)68-24-22-67(23-25-68)33-35-14-18-70(19-15-35)49-29-42-41(27-44(49)59)55(74)71(56(42)75)47-12-13-52(72)64-54(47)73/h5-11,26-32,34-35,39,47H,12-25,33H2,1-4H3,(H,64,72,73)(H2,60,62,63,65). The van der Waals surface area contributed by atoms with Crippen LogP contribution in [-0.4, -0.2) is 150 Å². The van der Waals surface area contributed by atoms with Gasteiger partial charge in [0.1, 0.15) is 29.8 Å². The van der Waals surface area contributed by atoms with Gasteiger partial charge in [-0.2, -0.15) is 10.1 Å². The van der Waals surface area contributed by atoms with Crippen LogP contribution >= 0.6 is 18.7 Å². The molecule has 6 aromatic rings. The first kappa shape index (κ1) is 52.9. The highest BCUT2D eigenvalue weighted by Crippen LogP contribution is 2.43. The third-order valence-electron chi connectivity index (χ3n) is 16.0. The maximum atomic E-state index is 15.6. The summed E-state index contributed by atoms with van der Waals surface area (Å²) in [6.45, 7) is 11.4. The minimum Gasteiger partial charge on any atom is -0.494 e. The Balaban J connectivity index is 0.702. The van der Waals surface area contributed by atoms with Gasteiger partial charge >= 0.3 is 0 Å². The van der Waals surface area contributed by atoms with Crippen LogP contribution in [0.25, 0.3) is 22.3 Å². The number of rotatable bonds is 14. The maximum Gasteiger partial charge on any atom is 0.262 e. The zero-order valence-electron chi connectivity index (χ0n) is 44.2. The molecule has 4 aromatic carbocycles. The zero-order valence-corrected chi connectivity index (χ0v) is 45.8. The first-order chi connectivity index (χ1) is 37.6. The molecule has 0 radical (unpaired) electrons. The highest BCUT2D eigenvalue weighted by molar-refractivity contribution is 7.70. The van der Waals surface area contributed by atoms with Crippen LogP contribution in [0.3, 0.4) is 0 Å². The van der Waals surface area contributed by atoms with Gasteiger partial charge in [-0.05, 0) is 92.8 Å². The van der Waals surface area contributed by atoms with Crippen molar-refractivity contribution in [2.75, 3.05) is 99.8 Å². The van der Waals surface area contributed by atoms with Crippen molar-refractivity contribution in [3.8, 4) is 28.0 Å². The number of nitrogens with zero attached hydrogens (tertiary/aromatic N) is 9. The Kier molecular flexibility index (Phi) is 14.9. The number of piperidine rings is 3. The third-order valence-corrected chi connectivity index (χ3v) is 17.8. The van der Waals surface area contributed by atoms with E-state index in [0.717, 1.165) is 110 Å². The smallest absolute Gasteiger partial charge is 0.262 e. The van der Waals surface area contributed by atoms with E-state index in [1.807, 2.05) is 72.9 Å². The van der Waals surface area contributed by atoms with Gasteiger partial charge in [-0.1, -0.05) is 48.0 Å². The van der Waals surface area contributed by atoms with Crippen molar-refractivity contribution in [3.63, 3.8) is 0 Å². The topological polar surface area (TPSA) is 190 Å². The fraction of sp³-hybridized carbons (Fsp3) is 0.386. The number of fused-ring (bicyclic) bond motifs is 1. The minimum absolute atomic E-state index is 0.0173. The largest absolute Gasteiger partial charge is 0.494 e. The molecule has 0 saturated carbocycles. The van der Waals surface area contributed by atoms with E-state index in [9.17, 15) is 23.7 Å². The molecule has 5 aliphatic rings. The van der Waals surface area contributed by atoms with Crippen LogP contribution in [0.15, 0.2) is 91.4 Å². The fourth-order valence-electron chi connectivity index (χ4n) is 11.8. The van der Waals surface area contributed by atoms with Crippen LogP contribution < -0.4 is 35.8 Å². The van der Waals surface area contributed by atoms with Gasteiger partial charge < -0.3 is 34.6 Å². The number of hydrogen-bond acceptors (Lipinski definition) is 15. The van der Waals surface area contributed by atoms with Crippen LogP contribution in [0.1, 0.15) is 59.2 Å². The Hall–Kier alpha value is -7.18. The van der Waals surface area contributed by atoms with E-state index in [0.29, 0.717) is 64.3 Å². The maximum absolute atomic E-state index is 15.6. The van der Waals surface area contributed by atoms with Gasteiger partial charge in [-0.3, -0.25) is 39.0 Å². The van der Waals surface area contributed by atoms with E-state index in [1.54, 1.807) is 25.1 Å². The number of nitrogens with one attached hydrogen (secondary N) is 3. The van der Waals surface area contributed by atoms with Crippen LogP contribution in [0.2, 0.25) is 5.02 Å². The second-order valence-electron chi connectivity index (χ2n) is 21.3. The van der Waals surface area contributed by atoms with Crippen molar-refractivity contribution >= 4 is 82.2 Å². The van der Waals surface area contributed by atoms with E-state index < -0.39 is 42.6 Å². The molecule has 4 fully saturated rings. The highest BCUT2D eigenvalue weighted by Gasteiger charge is 2.45. The van der Waals surface area contributed by atoms with E-state index >= 15 is 4.39 Å². The Morgan fingerprint density at radius 3 is 2.14 bits per heavy atom. The summed E-state index contributed by atoms with van der Waals surface area (Å²) in [6.07, 6.45) is 9.24. The van der Waals surface area contributed by atoms with Crippen LogP contribution in [-0.2, 0) is 21.2 Å². The van der Waals surface area contributed by atoms with Gasteiger partial charge in [0.25, 0.3) is 11.8 Å². The van der Waals surface area contributed by atoms with E-state index in [-0.39, 0.29) is 29.7 Å². The Morgan fingerprint density at radius 2 is 1.46 bits per heavy atom. The van der Waals surface area contributed by atoms with Gasteiger partial charge in [0.15, 0.2) is 5.82 Å². The average Bonchev–Trinajstić information content (AvgIpc) is 4.16. The number of aryl methyl sites for hydroxylation is 1. The molecule has 0 aliphatic carbocycles. The lowest BCUT2D eigenvalue weighted by Gasteiger charge is -2.44. The quantitative estimate of drug-likeness (QED) is 0.0703. The lowest BCUT2D eigenvalue weighted by molar-refractivity contribution is -0.136. The molecular formula is C57H63ClFN12O6P. The van der Waals surface area contributed by atoms with Crippen LogP contribution in [0, 0.1) is 11.7 Å². The summed E-state index contributed by atoms with van der Waals surface area (Å²) in [7, 11) is 0.812. The van der Waals surface area contributed by atoms with Gasteiger partial charge in [0.2, 0.25) is 17.8 Å². The molecule has 1 unspecified atom stereocenters. The molecule has 21 heteroatoms. The summed E-state index contributed by atoms with van der Waals surface area (Å²) in [5.41, 5.74) is 6.62. The number of benzene rings is 4. The number of methoxy groups -OCH3 is 1. The number of aromatic nitrogens is 4. The Morgan fingerprint density at radius 1 is 0.756 bits per heavy atom. The first-order valence-electron chi connectivity index (χ1n) is 26.6. The highest BCUT2D eigenvalue weighted by atomic mass is 35.5. The number of carbonyl (C=O) groups is 4. The zero-order chi connectivity index (χ0) is 54.4. The number of piperazine rings is 1. The number of hydrogen-bond donors (Lipinski definition) is 3. The number of ether oxygens (including phenoxy) is 1. The number of amides is 4. The fourth-order valence-corrected chi connectivity index (χ4v) is 13.1. The number of anilines is 6. The molecule has 2 aromatic heterocycles. The summed E-state index contributed by atoms with van der Waals surface area (Å²) in [4.78, 5) is 70.8. The van der Waals surface area contributed by atoms with Crippen molar-refractivity contribution in [1.29, 1.82) is 0 Å². The summed E-state index contributed by atoms with van der Waals surface area (Å²) in [6, 6.07) is 21.9.